The molecule has 1 aromatic carbocycles. The van der Waals surface area contributed by atoms with Crippen LogP contribution < -0.4 is 0 Å². The predicted octanol–water partition coefficient (Wildman–Crippen LogP) is 3.57. The van der Waals surface area contributed by atoms with Gasteiger partial charge in [0.15, 0.2) is 0 Å². The first-order chi connectivity index (χ1) is 8.81. The van der Waals surface area contributed by atoms with Gasteiger partial charge < -0.3 is 4.74 Å². The van der Waals surface area contributed by atoms with Crippen molar-refractivity contribution >= 4 is 0 Å². The van der Waals surface area contributed by atoms with Crippen molar-refractivity contribution in [2.24, 2.45) is 0 Å². The molecule has 3 nitrogen and oxygen atoms in total. The number of benzene rings is 1. The first-order valence-corrected chi connectivity index (χ1v) is 6.94. The molecular weight excluding hydrogens is 238 g/mol. The molecule has 0 spiro atoms. The predicted molar refractivity (Wildman–Crippen MR) is 74.9 cm³/mol. The third kappa shape index (κ3) is 3.35. The summed E-state index contributed by atoms with van der Waals surface area (Å²) in [4.78, 5) is 0. The van der Waals surface area contributed by atoms with Crippen LogP contribution in [0.4, 0.5) is 0 Å². The van der Waals surface area contributed by atoms with E-state index in [-0.39, 0.29) is 17.2 Å². The van der Waals surface area contributed by atoms with Crippen molar-refractivity contribution in [3.63, 3.8) is 0 Å². The van der Waals surface area contributed by atoms with Gasteiger partial charge in [-0.05, 0) is 46.1 Å². The van der Waals surface area contributed by atoms with Crippen LogP contribution in [-0.4, -0.2) is 22.2 Å². The summed E-state index contributed by atoms with van der Waals surface area (Å²) in [7, 11) is 0. The first kappa shape index (κ1) is 14.5. The zero-order valence-electron chi connectivity index (χ0n) is 12.3. The van der Waals surface area contributed by atoms with Crippen LogP contribution in [0.1, 0.15) is 46.1 Å². The van der Waals surface area contributed by atoms with E-state index in [9.17, 15) is 5.21 Å². The third-order valence-corrected chi connectivity index (χ3v) is 3.88. The normalized spacial score (nSPS) is 23.4. The van der Waals surface area contributed by atoms with Gasteiger partial charge in [-0.3, -0.25) is 0 Å². The number of hydrogen-bond donors (Lipinski definition) is 0. The Hall–Kier alpha value is -0.900. The highest BCUT2D eigenvalue weighted by Crippen LogP contribution is 2.38. The molecule has 105 valence electrons. The molecule has 0 aliphatic carbocycles. The number of rotatable bonds is 3. The molecule has 0 atom stereocenters. The molecule has 1 aliphatic rings. The Morgan fingerprint density at radius 3 is 2.16 bits per heavy atom. The van der Waals surface area contributed by atoms with E-state index in [4.69, 9.17) is 4.74 Å². The van der Waals surface area contributed by atoms with Crippen molar-refractivity contribution in [2.45, 2.75) is 64.3 Å². The third-order valence-electron chi connectivity index (χ3n) is 3.88. The van der Waals surface area contributed by atoms with Crippen molar-refractivity contribution < 1.29 is 9.94 Å². The topological polar surface area (TPSA) is 32.4 Å². The van der Waals surface area contributed by atoms with Gasteiger partial charge in [-0.2, -0.15) is 0 Å². The second-order valence-electron chi connectivity index (χ2n) is 6.75. The molecule has 0 unspecified atom stereocenters. The van der Waals surface area contributed by atoms with Gasteiger partial charge in [0.05, 0.1) is 12.7 Å². The van der Waals surface area contributed by atoms with Crippen molar-refractivity contribution in [1.29, 1.82) is 0 Å². The van der Waals surface area contributed by atoms with Crippen LogP contribution in [0.5, 0.6) is 0 Å². The zero-order chi connectivity index (χ0) is 14.1. The molecule has 1 heterocycles. The molecule has 1 aromatic rings. The lowest BCUT2D eigenvalue weighted by Crippen LogP contribution is -2.59. The molecule has 0 aromatic heterocycles. The van der Waals surface area contributed by atoms with Crippen molar-refractivity contribution in [3.05, 3.63) is 35.9 Å². The van der Waals surface area contributed by atoms with Gasteiger partial charge in [0.25, 0.3) is 0 Å². The van der Waals surface area contributed by atoms with Gasteiger partial charge in [-0.25, -0.2) is 0 Å². The molecule has 0 amide bonds. The number of hydrogen-bond acceptors (Lipinski definition) is 2. The number of nitrogens with zero attached hydrogens (tertiary/aromatic N) is 1. The Morgan fingerprint density at radius 1 is 1.11 bits per heavy atom. The Kier molecular flexibility index (Phi) is 4.00. The molecule has 0 bridgehead atoms. The maximum atomic E-state index is 12.2. The Bertz CT molecular complexity index is 396. The van der Waals surface area contributed by atoms with Gasteiger partial charge in [-0.1, -0.05) is 30.3 Å². The largest absolute Gasteiger partial charge is 0.373 e. The molecule has 1 saturated heterocycles. The molecule has 3 heteroatoms. The van der Waals surface area contributed by atoms with E-state index in [2.05, 4.69) is 12.1 Å². The SMILES string of the molecule is CC1(C)CC(OCc2ccccc2)CC(C)(C)N1[O]. The lowest BCUT2D eigenvalue weighted by molar-refractivity contribution is -0.301. The Labute approximate surface area is 116 Å². The second-order valence-corrected chi connectivity index (χ2v) is 6.75. The van der Waals surface area contributed by atoms with E-state index in [0.29, 0.717) is 6.61 Å². The molecule has 0 saturated carbocycles. The first-order valence-electron chi connectivity index (χ1n) is 6.94. The van der Waals surface area contributed by atoms with Crippen LogP contribution >= 0.6 is 0 Å². The summed E-state index contributed by atoms with van der Waals surface area (Å²) in [6.07, 6.45) is 1.72. The minimum Gasteiger partial charge on any atom is -0.373 e. The number of piperidine rings is 1. The summed E-state index contributed by atoms with van der Waals surface area (Å²) in [5.41, 5.74) is 0.467. The molecule has 19 heavy (non-hydrogen) atoms. The Morgan fingerprint density at radius 2 is 1.63 bits per heavy atom. The quantitative estimate of drug-likeness (QED) is 0.834. The van der Waals surface area contributed by atoms with Crippen LogP contribution in [0.15, 0.2) is 30.3 Å². The fraction of sp³-hybridized carbons (Fsp3) is 0.625. The summed E-state index contributed by atoms with van der Waals surface area (Å²) >= 11 is 0. The molecule has 1 fully saturated rings. The minimum absolute atomic E-state index is 0.149. The zero-order valence-corrected chi connectivity index (χ0v) is 12.3. The van der Waals surface area contributed by atoms with Crippen LogP contribution in [0.25, 0.3) is 0 Å². The summed E-state index contributed by atoms with van der Waals surface area (Å²) in [5, 5.41) is 13.5. The van der Waals surface area contributed by atoms with E-state index < -0.39 is 0 Å². The van der Waals surface area contributed by atoms with Crippen LogP contribution in [-0.2, 0) is 16.6 Å². The number of hydroxylamine groups is 2. The minimum atomic E-state index is -0.358. The van der Waals surface area contributed by atoms with E-state index in [1.54, 1.807) is 0 Å². The Balaban J connectivity index is 1.98. The van der Waals surface area contributed by atoms with Crippen molar-refractivity contribution in [2.75, 3.05) is 0 Å². The standard InChI is InChI=1S/C16H24NO2/c1-15(2)10-14(11-16(3,4)17(15)18)19-12-13-8-6-5-7-9-13/h5-9,14H,10-12H2,1-4H3. The monoisotopic (exact) mass is 262 g/mol. The molecule has 0 N–H and O–H groups in total. The fourth-order valence-electron chi connectivity index (χ4n) is 3.08. The van der Waals surface area contributed by atoms with Crippen LogP contribution in [0.2, 0.25) is 0 Å². The van der Waals surface area contributed by atoms with E-state index in [0.717, 1.165) is 12.8 Å². The van der Waals surface area contributed by atoms with E-state index in [1.807, 2.05) is 45.9 Å². The van der Waals surface area contributed by atoms with Crippen molar-refractivity contribution in [1.82, 2.24) is 5.06 Å². The van der Waals surface area contributed by atoms with Crippen molar-refractivity contribution in [3.8, 4) is 0 Å². The number of ether oxygens (including phenoxy) is 1. The van der Waals surface area contributed by atoms with Gasteiger partial charge in [-0.15, -0.1) is 10.3 Å². The van der Waals surface area contributed by atoms with Gasteiger partial charge >= 0.3 is 0 Å². The lowest BCUT2D eigenvalue weighted by atomic mass is 9.80. The maximum Gasteiger partial charge on any atom is 0.0720 e. The summed E-state index contributed by atoms with van der Waals surface area (Å²) in [6, 6.07) is 10.2. The smallest absolute Gasteiger partial charge is 0.0720 e. The van der Waals surface area contributed by atoms with Crippen LogP contribution in [0.3, 0.4) is 0 Å². The summed E-state index contributed by atoms with van der Waals surface area (Å²) in [5.74, 6) is 0. The highest BCUT2D eigenvalue weighted by Gasteiger charge is 2.46. The fourth-order valence-corrected chi connectivity index (χ4v) is 3.08. The highest BCUT2D eigenvalue weighted by molar-refractivity contribution is 5.13. The van der Waals surface area contributed by atoms with Gasteiger partial charge in [0.1, 0.15) is 0 Å². The van der Waals surface area contributed by atoms with Gasteiger partial charge in [0.2, 0.25) is 0 Å². The molecular formula is C16H24NO2. The summed E-state index contributed by atoms with van der Waals surface area (Å²) in [6.45, 7) is 8.62. The second kappa shape index (κ2) is 5.23. The molecule has 1 radical (unpaired) electrons. The average Bonchev–Trinajstić information content (AvgIpc) is 2.34. The van der Waals surface area contributed by atoms with Crippen LogP contribution in [0, 0.1) is 0 Å². The lowest BCUT2D eigenvalue weighted by Gasteiger charge is -2.49. The molecule has 1 aliphatic heterocycles. The van der Waals surface area contributed by atoms with E-state index in [1.165, 1.54) is 10.6 Å². The van der Waals surface area contributed by atoms with Gasteiger partial charge in [0, 0.05) is 11.1 Å². The van der Waals surface area contributed by atoms with E-state index >= 15 is 0 Å². The maximum absolute atomic E-state index is 12.2. The molecule has 2 rings (SSSR count). The summed E-state index contributed by atoms with van der Waals surface area (Å²) < 4.78 is 6.02. The highest BCUT2D eigenvalue weighted by atomic mass is 16.5. The average molecular weight is 262 g/mol.